The normalized spacial score (nSPS) is 34.1. The number of benzene rings is 1. The molecule has 2 aliphatic rings. The number of rotatable bonds is 2. The molecule has 3 rings (SSSR count). The first-order chi connectivity index (χ1) is 9.12. The molecule has 2 nitrogen and oxygen atoms in total. The van der Waals surface area contributed by atoms with Gasteiger partial charge in [0, 0.05) is 16.1 Å². The molecule has 2 atom stereocenters. The van der Waals surface area contributed by atoms with Gasteiger partial charge in [0.2, 0.25) is 0 Å². The van der Waals surface area contributed by atoms with E-state index in [9.17, 15) is 9.50 Å². The Morgan fingerprint density at radius 2 is 2.00 bits per heavy atom. The molecule has 0 aromatic heterocycles. The molecule has 1 aromatic rings. The quantitative estimate of drug-likeness (QED) is 0.900. The molecule has 0 saturated carbocycles. The monoisotopic (exact) mass is 282 g/mol. The van der Waals surface area contributed by atoms with Crippen LogP contribution >= 0.6 is 11.8 Å². The third-order valence-electron chi connectivity index (χ3n) is 4.24. The molecule has 0 radical (unpaired) electrons. The van der Waals surface area contributed by atoms with Crippen molar-refractivity contribution in [1.29, 1.82) is 0 Å². The summed E-state index contributed by atoms with van der Waals surface area (Å²) in [6.07, 6.45) is 4.96. The number of halogens is 1. The molecule has 2 heterocycles. The molecule has 2 fully saturated rings. The Morgan fingerprint density at radius 3 is 2.63 bits per heavy atom. The van der Waals surface area contributed by atoms with Gasteiger partial charge in [0.05, 0.1) is 12.7 Å². The van der Waals surface area contributed by atoms with E-state index in [0.717, 1.165) is 12.8 Å². The number of fused-ring (bicyclic) bond motifs is 2. The average molecular weight is 282 g/mol. The summed E-state index contributed by atoms with van der Waals surface area (Å²) in [6, 6.07) is 4.83. The Balaban J connectivity index is 1.98. The van der Waals surface area contributed by atoms with Crippen LogP contribution in [-0.2, 0) is 5.60 Å². The van der Waals surface area contributed by atoms with Gasteiger partial charge in [0.25, 0.3) is 0 Å². The molecule has 2 bridgehead atoms. The summed E-state index contributed by atoms with van der Waals surface area (Å²) in [5, 5.41) is 12.0. The van der Waals surface area contributed by atoms with E-state index >= 15 is 0 Å². The van der Waals surface area contributed by atoms with Crippen molar-refractivity contribution in [3.8, 4) is 5.75 Å². The van der Waals surface area contributed by atoms with E-state index in [1.807, 2.05) is 11.8 Å². The van der Waals surface area contributed by atoms with Crippen LogP contribution in [0, 0.1) is 5.82 Å². The molecular formula is C15H19FO2S. The van der Waals surface area contributed by atoms with Crippen LogP contribution in [0.3, 0.4) is 0 Å². The zero-order valence-corrected chi connectivity index (χ0v) is 11.9. The van der Waals surface area contributed by atoms with Crippen molar-refractivity contribution in [2.45, 2.75) is 48.2 Å². The minimum atomic E-state index is -0.936. The van der Waals surface area contributed by atoms with Gasteiger partial charge in [0.1, 0.15) is 0 Å². The van der Waals surface area contributed by atoms with Crippen molar-refractivity contribution in [2.75, 3.05) is 7.11 Å². The lowest BCUT2D eigenvalue weighted by atomic mass is 9.80. The predicted molar refractivity (Wildman–Crippen MR) is 75.1 cm³/mol. The summed E-state index contributed by atoms with van der Waals surface area (Å²) in [4.78, 5) is 0. The van der Waals surface area contributed by atoms with E-state index in [1.165, 1.54) is 19.6 Å². The Morgan fingerprint density at radius 1 is 1.32 bits per heavy atom. The maximum Gasteiger partial charge on any atom is 0.165 e. The van der Waals surface area contributed by atoms with Gasteiger partial charge < -0.3 is 9.84 Å². The highest BCUT2D eigenvalue weighted by atomic mass is 32.2. The summed E-state index contributed by atoms with van der Waals surface area (Å²) in [5.74, 6) is -0.188. The Hall–Kier alpha value is -0.740. The molecule has 0 spiro atoms. The smallest absolute Gasteiger partial charge is 0.165 e. The molecule has 0 amide bonds. The second-order valence-corrected chi connectivity index (χ2v) is 7.18. The molecule has 104 valence electrons. The number of hydrogen-bond donors (Lipinski definition) is 1. The van der Waals surface area contributed by atoms with E-state index in [2.05, 4.69) is 0 Å². The van der Waals surface area contributed by atoms with Gasteiger partial charge in [-0.15, -0.1) is 0 Å². The molecule has 4 heteroatoms. The molecule has 0 aliphatic carbocycles. The van der Waals surface area contributed by atoms with Crippen molar-refractivity contribution in [3.05, 3.63) is 29.6 Å². The molecular weight excluding hydrogens is 263 g/mol. The lowest BCUT2D eigenvalue weighted by Gasteiger charge is -2.44. The Labute approximate surface area is 117 Å². The van der Waals surface area contributed by atoms with E-state index in [0.29, 0.717) is 28.9 Å². The van der Waals surface area contributed by atoms with E-state index in [4.69, 9.17) is 4.74 Å². The number of hydrogen-bond acceptors (Lipinski definition) is 3. The Bertz CT molecular complexity index is 465. The number of methoxy groups -OCH3 is 1. The van der Waals surface area contributed by atoms with Crippen molar-refractivity contribution in [3.63, 3.8) is 0 Å². The first-order valence-corrected chi connectivity index (χ1v) is 7.77. The third-order valence-corrected chi connectivity index (χ3v) is 5.81. The molecule has 2 unspecified atom stereocenters. The van der Waals surface area contributed by atoms with Crippen LogP contribution in [-0.4, -0.2) is 22.7 Å². The van der Waals surface area contributed by atoms with Crippen LogP contribution in [0.5, 0.6) is 5.75 Å². The van der Waals surface area contributed by atoms with Gasteiger partial charge in [-0.25, -0.2) is 4.39 Å². The van der Waals surface area contributed by atoms with Gasteiger partial charge in [-0.3, -0.25) is 0 Å². The number of aliphatic hydroxyl groups is 1. The van der Waals surface area contributed by atoms with E-state index in [1.54, 1.807) is 12.1 Å². The highest BCUT2D eigenvalue weighted by Crippen LogP contribution is 2.51. The summed E-state index contributed by atoms with van der Waals surface area (Å²) >= 11 is 1.99. The van der Waals surface area contributed by atoms with Crippen LogP contribution in [0.2, 0.25) is 0 Å². The lowest BCUT2D eigenvalue weighted by Crippen LogP contribution is -2.40. The standard InChI is InChI=1S/C15H19FO2S/c1-18-14-12(6-3-7-13(14)16)15(17)8-10-4-2-5-11(9-15)19-10/h3,6-7,10-11,17H,2,4-5,8-9H2,1H3. The molecule has 1 N–H and O–H groups in total. The number of thioether (sulfide) groups is 1. The van der Waals surface area contributed by atoms with Gasteiger partial charge >= 0.3 is 0 Å². The summed E-state index contributed by atoms with van der Waals surface area (Å²) in [5.41, 5.74) is -0.318. The SMILES string of the molecule is COc1c(F)cccc1C1(O)CC2CCCC(C1)S2. The van der Waals surface area contributed by atoms with Crippen molar-refractivity contribution in [2.24, 2.45) is 0 Å². The minimum absolute atomic E-state index is 0.204. The van der Waals surface area contributed by atoms with Crippen molar-refractivity contribution >= 4 is 11.8 Å². The predicted octanol–water partition coefficient (Wildman–Crippen LogP) is 3.47. The lowest BCUT2D eigenvalue weighted by molar-refractivity contribution is 0.00565. The molecule has 2 aliphatic heterocycles. The van der Waals surface area contributed by atoms with Crippen molar-refractivity contribution < 1.29 is 14.2 Å². The van der Waals surface area contributed by atoms with Gasteiger partial charge in [0.15, 0.2) is 11.6 Å². The summed E-state index contributed by atoms with van der Waals surface area (Å²) in [7, 11) is 1.46. The number of ether oxygens (including phenoxy) is 1. The zero-order valence-electron chi connectivity index (χ0n) is 11.1. The van der Waals surface area contributed by atoms with Crippen LogP contribution in [0.1, 0.15) is 37.7 Å². The topological polar surface area (TPSA) is 29.5 Å². The van der Waals surface area contributed by atoms with E-state index < -0.39 is 11.4 Å². The fourth-order valence-electron chi connectivity index (χ4n) is 3.42. The first-order valence-electron chi connectivity index (χ1n) is 6.83. The highest BCUT2D eigenvalue weighted by Gasteiger charge is 2.44. The largest absolute Gasteiger partial charge is 0.493 e. The van der Waals surface area contributed by atoms with Gasteiger partial charge in [-0.1, -0.05) is 18.6 Å². The second-order valence-electron chi connectivity index (χ2n) is 5.57. The zero-order chi connectivity index (χ0) is 13.5. The van der Waals surface area contributed by atoms with Gasteiger partial charge in [-0.2, -0.15) is 11.8 Å². The summed E-state index contributed by atoms with van der Waals surface area (Å²) < 4.78 is 19.0. The number of para-hydroxylation sites is 1. The van der Waals surface area contributed by atoms with Crippen LogP contribution in [0.15, 0.2) is 18.2 Å². The van der Waals surface area contributed by atoms with E-state index in [-0.39, 0.29) is 5.75 Å². The summed E-state index contributed by atoms with van der Waals surface area (Å²) in [6.45, 7) is 0. The van der Waals surface area contributed by atoms with Crippen LogP contribution in [0.25, 0.3) is 0 Å². The third kappa shape index (κ3) is 2.36. The first kappa shape index (κ1) is 13.3. The average Bonchev–Trinajstić information content (AvgIpc) is 2.37. The molecule has 1 aromatic carbocycles. The van der Waals surface area contributed by atoms with Crippen LogP contribution < -0.4 is 4.74 Å². The van der Waals surface area contributed by atoms with Crippen LogP contribution in [0.4, 0.5) is 4.39 Å². The highest BCUT2D eigenvalue weighted by molar-refractivity contribution is 8.00. The minimum Gasteiger partial charge on any atom is -0.493 e. The maximum absolute atomic E-state index is 13.8. The fourth-order valence-corrected chi connectivity index (χ4v) is 5.31. The van der Waals surface area contributed by atoms with Crippen molar-refractivity contribution in [1.82, 2.24) is 0 Å². The second kappa shape index (κ2) is 4.98. The van der Waals surface area contributed by atoms with Gasteiger partial charge in [-0.05, 0) is 31.7 Å². The Kier molecular flexibility index (Phi) is 3.48. The molecule has 19 heavy (non-hydrogen) atoms. The fraction of sp³-hybridized carbons (Fsp3) is 0.600. The maximum atomic E-state index is 13.8. The molecule has 2 saturated heterocycles.